The number of nitrogens with two attached hydrogens (primary N) is 1. The van der Waals surface area contributed by atoms with Crippen molar-refractivity contribution in [1.82, 2.24) is 0 Å². The number of anilines is 1. The minimum Gasteiger partial charge on any atom is -0.330 e. The lowest BCUT2D eigenvalue weighted by molar-refractivity contribution is -0.116. The number of para-hydroxylation sites is 1. The highest BCUT2D eigenvalue weighted by atomic mass is 16.1. The van der Waals surface area contributed by atoms with E-state index in [1.54, 1.807) is 0 Å². The number of hydrogen-bond donors (Lipinski definition) is 2. The maximum Gasteiger partial charge on any atom is 0.224 e. The van der Waals surface area contributed by atoms with E-state index in [0.29, 0.717) is 13.0 Å². The van der Waals surface area contributed by atoms with Crippen LogP contribution in [0.5, 0.6) is 0 Å². The third-order valence-electron chi connectivity index (χ3n) is 2.91. The Hall–Kier alpha value is -1.35. The van der Waals surface area contributed by atoms with Gasteiger partial charge in [0.15, 0.2) is 0 Å². The molecule has 0 radical (unpaired) electrons. The second-order valence-electron chi connectivity index (χ2n) is 5.12. The Morgan fingerprint density at radius 1 is 1.24 bits per heavy atom. The summed E-state index contributed by atoms with van der Waals surface area (Å²) in [6.07, 6.45) is 2.36. The van der Waals surface area contributed by atoms with Crippen molar-refractivity contribution < 1.29 is 4.79 Å². The minimum absolute atomic E-state index is 0.0706. The molecule has 0 heterocycles. The van der Waals surface area contributed by atoms with Crippen molar-refractivity contribution in [1.29, 1.82) is 0 Å². The van der Waals surface area contributed by atoms with Crippen LogP contribution in [0.15, 0.2) is 30.3 Å². The summed E-state index contributed by atoms with van der Waals surface area (Å²) < 4.78 is 0. The lowest BCUT2D eigenvalue weighted by atomic mass is 9.84. The van der Waals surface area contributed by atoms with Gasteiger partial charge >= 0.3 is 0 Å². The van der Waals surface area contributed by atoms with E-state index in [1.807, 2.05) is 30.3 Å². The quantitative estimate of drug-likeness (QED) is 0.795. The number of benzene rings is 1. The van der Waals surface area contributed by atoms with Crippen LogP contribution < -0.4 is 11.1 Å². The predicted octanol–water partition coefficient (Wildman–Crippen LogP) is 2.78. The zero-order valence-electron chi connectivity index (χ0n) is 10.7. The van der Waals surface area contributed by atoms with Gasteiger partial charge in [-0.3, -0.25) is 4.79 Å². The van der Waals surface area contributed by atoms with Gasteiger partial charge in [-0.15, -0.1) is 0 Å². The largest absolute Gasteiger partial charge is 0.330 e. The van der Waals surface area contributed by atoms with E-state index in [9.17, 15) is 4.79 Å². The first-order valence-electron chi connectivity index (χ1n) is 6.08. The van der Waals surface area contributed by atoms with Crippen molar-refractivity contribution in [2.75, 3.05) is 11.9 Å². The second-order valence-corrected chi connectivity index (χ2v) is 5.12. The fourth-order valence-electron chi connectivity index (χ4n) is 1.71. The van der Waals surface area contributed by atoms with Gasteiger partial charge < -0.3 is 11.1 Å². The summed E-state index contributed by atoms with van der Waals surface area (Å²) in [5.41, 5.74) is 6.54. The predicted molar refractivity (Wildman–Crippen MR) is 71.8 cm³/mol. The van der Waals surface area contributed by atoms with Gasteiger partial charge in [-0.25, -0.2) is 0 Å². The van der Waals surface area contributed by atoms with Crippen LogP contribution in [0.1, 0.15) is 33.1 Å². The highest BCUT2D eigenvalue weighted by molar-refractivity contribution is 5.90. The van der Waals surface area contributed by atoms with E-state index in [1.165, 1.54) is 0 Å². The highest BCUT2D eigenvalue weighted by Crippen LogP contribution is 2.26. The van der Waals surface area contributed by atoms with Crippen molar-refractivity contribution in [3.63, 3.8) is 0 Å². The van der Waals surface area contributed by atoms with Gasteiger partial charge in [0.05, 0.1) is 0 Å². The van der Waals surface area contributed by atoms with Crippen LogP contribution in [0, 0.1) is 5.41 Å². The van der Waals surface area contributed by atoms with Gasteiger partial charge in [-0.2, -0.15) is 0 Å². The summed E-state index contributed by atoms with van der Waals surface area (Å²) in [6, 6.07) is 9.54. The fourth-order valence-corrected chi connectivity index (χ4v) is 1.71. The van der Waals surface area contributed by atoms with Crippen molar-refractivity contribution in [2.24, 2.45) is 11.1 Å². The minimum atomic E-state index is 0.0706. The molecule has 0 aliphatic rings. The maximum atomic E-state index is 11.7. The SMILES string of the molecule is CC(C)(CCN)CCC(=O)Nc1ccccc1. The van der Waals surface area contributed by atoms with Gasteiger partial charge in [0.2, 0.25) is 5.91 Å². The summed E-state index contributed by atoms with van der Waals surface area (Å²) in [4.78, 5) is 11.7. The standard InChI is InChI=1S/C14H22N2O/c1-14(2,10-11-15)9-8-13(17)16-12-6-4-3-5-7-12/h3-7H,8-11,15H2,1-2H3,(H,16,17). The lowest BCUT2D eigenvalue weighted by Crippen LogP contribution is -2.20. The van der Waals surface area contributed by atoms with E-state index in [2.05, 4.69) is 19.2 Å². The lowest BCUT2D eigenvalue weighted by Gasteiger charge is -2.23. The molecular weight excluding hydrogens is 212 g/mol. The van der Waals surface area contributed by atoms with E-state index >= 15 is 0 Å². The van der Waals surface area contributed by atoms with E-state index < -0.39 is 0 Å². The van der Waals surface area contributed by atoms with Crippen LogP contribution in [0.4, 0.5) is 5.69 Å². The first-order valence-corrected chi connectivity index (χ1v) is 6.08. The van der Waals surface area contributed by atoms with Crippen LogP contribution in [0.3, 0.4) is 0 Å². The fraction of sp³-hybridized carbons (Fsp3) is 0.500. The summed E-state index contributed by atoms with van der Waals surface area (Å²) in [7, 11) is 0. The van der Waals surface area contributed by atoms with Gasteiger partial charge in [0.25, 0.3) is 0 Å². The molecule has 94 valence electrons. The average molecular weight is 234 g/mol. The third kappa shape index (κ3) is 5.50. The Kier molecular flexibility index (Phi) is 5.16. The first-order chi connectivity index (χ1) is 8.03. The normalized spacial score (nSPS) is 11.2. The highest BCUT2D eigenvalue weighted by Gasteiger charge is 2.18. The molecular formula is C14H22N2O. The smallest absolute Gasteiger partial charge is 0.224 e. The van der Waals surface area contributed by atoms with Crippen molar-refractivity contribution in [2.45, 2.75) is 33.1 Å². The monoisotopic (exact) mass is 234 g/mol. The van der Waals surface area contributed by atoms with Crippen LogP contribution in [0.2, 0.25) is 0 Å². The molecule has 1 aromatic rings. The molecule has 1 rings (SSSR count). The number of amides is 1. The molecule has 0 aliphatic heterocycles. The third-order valence-corrected chi connectivity index (χ3v) is 2.91. The molecule has 0 unspecified atom stereocenters. The molecule has 0 atom stereocenters. The molecule has 0 aromatic heterocycles. The molecule has 1 amide bonds. The molecule has 3 nitrogen and oxygen atoms in total. The summed E-state index contributed by atoms with van der Waals surface area (Å²) >= 11 is 0. The Morgan fingerprint density at radius 3 is 2.47 bits per heavy atom. The Morgan fingerprint density at radius 2 is 1.88 bits per heavy atom. The number of nitrogens with one attached hydrogen (secondary N) is 1. The molecule has 17 heavy (non-hydrogen) atoms. The van der Waals surface area contributed by atoms with E-state index in [0.717, 1.165) is 18.5 Å². The van der Waals surface area contributed by atoms with Crippen LogP contribution in [-0.2, 0) is 4.79 Å². The molecule has 0 spiro atoms. The summed E-state index contributed by atoms with van der Waals surface area (Å²) in [6.45, 7) is 4.97. The van der Waals surface area contributed by atoms with Crippen LogP contribution >= 0.6 is 0 Å². The molecule has 0 bridgehead atoms. The van der Waals surface area contributed by atoms with Gasteiger partial charge in [-0.1, -0.05) is 32.0 Å². The Labute approximate surface area is 103 Å². The number of hydrogen-bond acceptors (Lipinski definition) is 2. The zero-order valence-corrected chi connectivity index (χ0v) is 10.7. The molecule has 0 saturated carbocycles. The molecule has 0 aliphatic carbocycles. The van der Waals surface area contributed by atoms with E-state index in [-0.39, 0.29) is 11.3 Å². The molecule has 1 aromatic carbocycles. The molecule has 3 heteroatoms. The second kappa shape index (κ2) is 6.40. The Balaban J connectivity index is 2.36. The van der Waals surface area contributed by atoms with E-state index in [4.69, 9.17) is 5.73 Å². The first kappa shape index (κ1) is 13.7. The average Bonchev–Trinajstić information content (AvgIpc) is 2.28. The topological polar surface area (TPSA) is 55.1 Å². The van der Waals surface area contributed by atoms with Gasteiger partial charge in [-0.05, 0) is 36.9 Å². The number of carbonyl (C=O) groups excluding carboxylic acids is 1. The summed E-state index contributed by atoms with van der Waals surface area (Å²) in [5.74, 6) is 0.0706. The zero-order chi connectivity index (χ0) is 12.7. The molecule has 0 saturated heterocycles. The summed E-state index contributed by atoms with van der Waals surface area (Å²) in [5, 5.41) is 2.89. The van der Waals surface area contributed by atoms with Gasteiger partial charge in [0.1, 0.15) is 0 Å². The van der Waals surface area contributed by atoms with Crippen LogP contribution in [0.25, 0.3) is 0 Å². The van der Waals surface area contributed by atoms with Crippen molar-refractivity contribution in [3.8, 4) is 0 Å². The molecule has 0 fully saturated rings. The maximum absolute atomic E-state index is 11.7. The van der Waals surface area contributed by atoms with Crippen molar-refractivity contribution in [3.05, 3.63) is 30.3 Å². The van der Waals surface area contributed by atoms with Gasteiger partial charge in [0, 0.05) is 12.1 Å². The van der Waals surface area contributed by atoms with Crippen molar-refractivity contribution >= 4 is 11.6 Å². The Bertz CT molecular complexity index is 346. The molecule has 3 N–H and O–H groups in total. The number of carbonyl (C=O) groups is 1. The van der Waals surface area contributed by atoms with Crippen LogP contribution in [-0.4, -0.2) is 12.5 Å². The number of rotatable bonds is 6.